The second kappa shape index (κ2) is 9.09. The fourth-order valence-electron chi connectivity index (χ4n) is 4.83. The summed E-state index contributed by atoms with van der Waals surface area (Å²) in [5.74, 6) is 2.62. The van der Waals surface area contributed by atoms with Gasteiger partial charge in [-0.2, -0.15) is 15.1 Å². The van der Waals surface area contributed by atoms with E-state index in [2.05, 4.69) is 35.6 Å². The molecule has 4 heterocycles. The Balaban J connectivity index is 1.53. The third kappa shape index (κ3) is 4.58. The summed E-state index contributed by atoms with van der Waals surface area (Å²) in [4.78, 5) is 26.2. The van der Waals surface area contributed by atoms with Crippen LogP contribution in [0.5, 0.6) is 5.88 Å². The van der Waals surface area contributed by atoms with Crippen LogP contribution in [0.1, 0.15) is 37.8 Å². The van der Waals surface area contributed by atoms with Gasteiger partial charge in [0.05, 0.1) is 13.7 Å². The number of hydrogen-bond acceptors (Lipinski definition) is 8. The number of H-pyrrole nitrogens is 1. The molecule has 2 aliphatic rings. The van der Waals surface area contributed by atoms with Crippen LogP contribution < -0.4 is 20.3 Å². The van der Waals surface area contributed by atoms with Gasteiger partial charge in [-0.25, -0.2) is 0 Å². The van der Waals surface area contributed by atoms with Crippen LogP contribution in [-0.2, 0) is 4.79 Å². The molecule has 0 saturated carbocycles. The van der Waals surface area contributed by atoms with Crippen molar-refractivity contribution in [1.82, 2.24) is 30.4 Å². The molecular weight excluding hydrogens is 396 g/mol. The van der Waals surface area contributed by atoms with E-state index >= 15 is 0 Å². The summed E-state index contributed by atoms with van der Waals surface area (Å²) in [6, 6.07) is 4.49. The van der Waals surface area contributed by atoms with Crippen LogP contribution in [0.15, 0.2) is 12.1 Å². The highest BCUT2D eigenvalue weighted by atomic mass is 16.5. The summed E-state index contributed by atoms with van der Waals surface area (Å²) in [5, 5.41) is 13.4. The van der Waals surface area contributed by atoms with E-state index < -0.39 is 0 Å². The van der Waals surface area contributed by atoms with Crippen LogP contribution in [0.2, 0.25) is 0 Å². The molecule has 2 aromatic rings. The molecule has 168 valence electrons. The van der Waals surface area contributed by atoms with Crippen molar-refractivity contribution in [2.45, 2.75) is 57.2 Å². The van der Waals surface area contributed by atoms with Gasteiger partial charge in [-0.15, -0.1) is 0 Å². The number of aromatic nitrogens is 4. The number of nitrogens with one attached hydrogen (secondary N) is 3. The molecule has 4 rings (SSSR count). The Bertz CT molecular complexity index is 903. The van der Waals surface area contributed by atoms with Gasteiger partial charge < -0.3 is 25.2 Å². The Hall–Kier alpha value is -2.88. The van der Waals surface area contributed by atoms with Crippen LogP contribution in [0.4, 0.5) is 17.6 Å². The van der Waals surface area contributed by atoms with Gasteiger partial charge in [0.2, 0.25) is 17.7 Å². The summed E-state index contributed by atoms with van der Waals surface area (Å²) in [6.45, 7) is 2.34. The van der Waals surface area contributed by atoms with Crippen LogP contribution in [0.3, 0.4) is 0 Å². The molecule has 2 aromatic heterocycles. The molecule has 0 unspecified atom stereocenters. The third-order valence-corrected chi connectivity index (χ3v) is 6.29. The number of rotatable bonds is 7. The monoisotopic (exact) mass is 428 g/mol. The van der Waals surface area contributed by atoms with E-state index in [-0.39, 0.29) is 24.0 Å². The third-order valence-electron chi connectivity index (χ3n) is 6.29. The quantitative estimate of drug-likeness (QED) is 0.613. The number of aromatic amines is 1. The number of nitrogens with zero attached hydrogens (tertiary/aromatic N) is 5. The number of ether oxygens (including phenoxy) is 1. The lowest BCUT2D eigenvalue weighted by Crippen LogP contribution is -2.59. The lowest BCUT2D eigenvalue weighted by molar-refractivity contribution is -0.140. The maximum atomic E-state index is 12.7. The highest BCUT2D eigenvalue weighted by molar-refractivity contribution is 5.79. The van der Waals surface area contributed by atoms with Gasteiger partial charge in [0.15, 0.2) is 5.82 Å². The van der Waals surface area contributed by atoms with E-state index in [1.54, 1.807) is 13.2 Å². The Labute approximate surface area is 182 Å². The van der Waals surface area contributed by atoms with Crippen LogP contribution in [0, 0.1) is 6.92 Å². The topological polar surface area (TPSA) is 111 Å². The van der Waals surface area contributed by atoms with Crippen molar-refractivity contribution in [3.63, 3.8) is 0 Å². The standard InChI is InChI=1S/C21H32N8O2/c1-13-8-18(27-26-13)23-17-11-19(31-4)25-21(24-17)28(3)16-9-14-6-5-7-15(10-16)29(14)20(30)12-22-2/h8,11,14-16,22H,5-7,9-10,12H2,1-4H3,(H2,23,24,25,26,27)/t14-,15+,16-. The average molecular weight is 429 g/mol. The first-order valence-corrected chi connectivity index (χ1v) is 10.9. The Morgan fingerprint density at radius 3 is 2.61 bits per heavy atom. The van der Waals surface area contributed by atoms with Crippen molar-refractivity contribution in [2.75, 3.05) is 38.0 Å². The number of methoxy groups -OCH3 is 1. The van der Waals surface area contributed by atoms with E-state index in [1.807, 2.05) is 27.1 Å². The highest BCUT2D eigenvalue weighted by Gasteiger charge is 2.42. The van der Waals surface area contributed by atoms with E-state index in [0.29, 0.717) is 30.0 Å². The van der Waals surface area contributed by atoms with Gasteiger partial charge in [-0.3, -0.25) is 9.89 Å². The smallest absolute Gasteiger partial charge is 0.237 e. The second-order valence-corrected chi connectivity index (χ2v) is 8.46. The Kier molecular flexibility index (Phi) is 6.26. The fourth-order valence-corrected chi connectivity index (χ4v) is 4.83. The van der Waals surface area contributed by atoms with E-state index in [4.69, 9.17) is 9.72 Å². The summed E-state index contributed by atoms with van der Waals surface area (Å²) < 4.78 is 5.42. The molecular formula is C21H32N8O2. The number of anilines is 3. The zero-order valence-electron chi connectivity index (χ0n) is 18.7. The fraction of sp³-hybridized carbons (Fsp3) is 0.619. The van der Waals surface area contributed by atoms with Crippen LogP contribution in [0.25, 0.3) is 0 Å². The summed E-state index contributed by atoms with van der Waals surface area (Å²) in [6.07, 6.45) is 5.14. The number of amides is 1. The molecule has 10 nitrogen and oxygen atoms in total. The van der Waals surface area contributed by atoms with E-state index in [0.717, 1.165) is 31.4 Å². The molecule has 31 heavy (non-hydrogen) atoms. The molecule has 0 aliphatic carbocycles. The predicted molar refractivity (Wildman–Crippen MR) is 119 cm³/mol. The summed E-state index contributed by atoms with van der Waals surface area (Å²) >= 11 is 0. The van der Waals surface area contributed by atoms with Gasteiger partial charge in [0, 0.05) is 43.0 Å². The molecule has 0 aromatic carbocycles. The zero-order chi connectivity index (χ0) is 22.0. The normalized spacial score (nSPS) is 22.8. The molecule has 1 amide bonds. The molecule has 3 N–H and O–H groups in total. The second-order valence-electron chi connectivity index (χ2n) is 8.46. The molecule has 0 spiro atoms. The minimum Gasteiger partial charge on any atom is -0.481 e. The largest absolute Gasteiger partial charge is 0.481 e. The maximum absolute atomic E-state index is 12.7. The summed E-state index contributed by atoms with van der Waals surface area (Å²) in [5.41, 5.74) is 0.965. The van der Waals surface area contributed by atoms with Crippen molar-refractivity contribution in [2.24, 2.45) is 0 Å². The first-order chi connectivity index (χ1) is 15.0. The number of aryl methyl sites for hydroxylation is 1. The molecule has 2 fully saturated rings. The summed E-state index contributed by atoms with van der Waals surface area (Å²) in [7, 11) is 5.46. The number of fused-ring (bicyclic) bond motifs is 2. The molecule has 0 radical (unpaired) electrons. The van der Waals surface area contributed by atoms with Gasteiger partial charge in [-0.05, 0) is 46.1 Å². The predicted octanol–water partition coefficient (Wildman–Crippen LogP) is 1.83. The number of carbonyl (C=O) groups is 1. The van der Waals surface area contributed by atoms with Crippen molar-refractivity contribution in [3.8, 4) is 5.88 Å². The SMILES string of the molecule is CNCC(=O)N1[C@@H]2CCC[C@H]1C[C@H](N(C)c1nc(Nc3cc(C)[nH]n3)cc(OC)n1)C2. The lowest BCUT2D eigenvalue weighted by atomic mass is 9.81. The van der Waals surface area contributed by atoms with Crippen molar-refractivity contribution < 1.29 is 9.53 Å². The Morgan fingerprint density at radius 1 is 1.26 bits per heavy atom. The highest BCUT2D eigenvalue weighted by Crippen LogP contribution is 2.37. The van der Waals surface area contributed by atoms with Crippen LogP contribution >= 0.6 is 0 Å². The maximum Gasteiger partial charge on any atom is 0.237 e. The minimum atomic E-state index is 0.205. The number of likely N-dealkylation sites (N-methyl/N-ethyl adjacent to an activating group) is 1. The lowest BCUT2D eigenvalue weighted by Gasteiger charge is -2.50. The van der Waals surface area contributed by atoms with Gasteiger partial charge >= 0.3 is 0 Å². The van der Waals surface area contributed by atoms with Gasteiger partial charge in [-0.1, -0.05) is 0 Å². The van der Waals surface area contributed by atoms with Crippen molar-refractivity contribution >= 4 is 23.5 Å². The van der Waals surface area contributed by atoms with Crippen molar-refractivity contribution in [1.29, 1.82) is 0 Å². The number of hydrogen-bond donors (Lipinski definition) is 3. The average Bonchev–Trinajstić information content (AvgIpc) is 3.16. The minimum absolute atomic E-state index is 0.205. The van der Waals surface area contributed by atoms with Gasteiger partial charge in [0.1, 0.15) is 5.82 Å². The van der Waals surface area contributed by atoms with Crippen molar-refractivity contribution in [3.05, 3.63) is 17.8 Å². The van der Waals surface area contributed by atoms with E-state index in [1.165, 1.54) is 6.42 Å². The number of carbonyl (C=O) groups excluding carboxylic acids is 1. The molecule has 2 aliphatic heterocycles. The first kappa shape index (κ1) is 21.4. The molecule has 2 bridgehead atoms. The molecule has 10 heteroatoms. The van der Waals surface area contributed by atoms with Crippen LogP contribution in [-0.4, -0.2) is 76.8 Å². The first-order valence-electron chi connectivity index (χ1n) is 10.9. The zero-order valence-corrected chi connectivity index (χ0v) is 18.7. The van der Waals surface area contributed by atoms with Gasteiger partial charge in [0.25, 0.3) is 0 Å². The Morgan fingerprint density at radius 2 is 2.00 bits per heavy atom. The molecule has 3 atom stereocenters. The molecule has 2 saturated heterocycles. The van der Waals surface area contributed by atoms with E-state index in [9.17, 15) is 4.79 Å². The number of piperidine rings is 2.